The van der Waals surface area contributed by atoms with Crippen LogP contribution in [-0.2, 0) is 11.2 Å². The average molecular weight is 215 g/mol. The van der Waals surface area contributed by atoms with Crippen LogP contribution in [0.1, 0.15) is 12.5 Å². The van der Waals surface area contributed by atoms with Crippen LogP contribution >= 0.6 is 11.6 Å². The number of hydrogen-bond donors (Lipinski definition) is 1. The summed E-state index contributed by atoms with van der Waals surface area (Å²) in [6.07, 6.45) is 0.324. The van der Waals surface area contributed by atoms with Crippen molar-refractivity contribution in [3.05, 3.63) is 22.7 Å². The Morgan fingerprint density at radius 2 is 2.43 bits per heavy atom. The molecule has 0 amide bonds. The Morgan fingerprint density at radius 1 is 1.64 bits per heavy atom. The van der Waals surface area contributed by atoms with Crippen LogP contribution < -0.4 is 4.74 Å². The SMILES string of the molecule is CCOC1Cc2c(ccc(O)c2Cl)O1. The molecule has 1 aliphatic rings. The lowest BCUT2D eigenvalue weighted by molar-refractivity contribution is -0.0602. The first kappa shape index (κ1) is 9.62. The van der Waals surface area contributed by atoms with Crippen LogP contribution in [0.25, 0.3) is 0 Å². The monoisotopic (exact) mass is 214 g/mol. The molecule has 0 spiro atoms. The van der Waals surface area contributed by atoms with Gasteiger partial charge in [-0.25, -0.2) is 0 Å². The first-order chi connectivity index (χ1) is 6.72. The Balaban J connectivity index is 2.26. The van der Waals surface area contributed by atoms with Crippen LogP contribution in [-0.4, -0.2) is 18.0 Å². The van der Waals surface area contributed by atoms with E-state index in [1.54, 1.807) is 6.07 Å². The van der Waals surface area contributed by atoms with Gasteiger partial charge in [-0.15, -0.1) is 0 Å². The zero-order valence-electron chi connectivity index (χ0n) is 7.79. The van der Waals surface area contributed by atoms with E-state index in [0.717, 1.165) is 5.56 Å². The van der Waals surface area contributed by atoms with Crippen LogP contribution in [0.5, 0.6) is 11.5 Å². The van der Waals surface area contributed by atoms with Gasteiger partial charge >= 0.3 is 0 Å². The third kappa shape index (κ3) is 1.53. The van der Waals surface area contributed by atoms with Gasteiger partial charge in [0.2, 0.25) is 6.29 Å². The van der Waals surface area contributed by atoms with Crippen molar-refractivity contribution in [3.8, 4) is 11.5 Å². The maximum atomic E-state index is 9.37. The lowest BCUT2D eigenvalue weighted by Crippen LogP contribution is -2.16. The molecule has 14 heavy (non-hydrogen) atoms. The summed E-state index contributed by atoms with van der Waals surface area (Å²) in [5.41, 5.74) is 0.824. The maximum Gasteiger partial charge on any atom is 0.204 e. The third-order valence-corrected chi connectivity index (χ3v) is 2.58. The predicted molar refractivity (Wildman–Crippen MR) is 52.9 cm³/mol. The second-order valence-corrected chi connectivity index (χ2v) is 3.46. The van der Waals surface area contributed by atoms with E-state index < -0.39 is 0 Å². The molecule has 0 saturated heterocycles. The Hall–Kier alpha value is -0.930. The minimum atomic E-state index is -0.269. The number of phenols is 1. The van der Waals surface area contributed by atoms with E-state index in [0.29, 0.717) is 23.8 Å². The smallest absolute Gasteiger partial charge is 0.204 e. The number of rotatable bonds is 2. The van der Waals surface area contributed by atoms with Crippen molar-refractivity contribution in [1.82, 2.24) is 0 Å². The van der Waals surface area contributed by atoms with Gasteiger partial charge in [-0.3, -0.25) is 0 Å². The minimum absolute atomic E-state index is 0.0890. The van der Waals surface area contributed by atoms with E-state index in [4.69, 9.17) is 21.1 Å². The minimum Gasteiger partial charge on any atom is -0.506 e. The van der Waals surface area contributed by atoms with Gasteiger partial charge in [-0.05, 0) is 19.1 Å². The second-order valence-electron chi connectivity index (χ2n) is 3.08. The van der Waals surface area contributed by atoms with E-state index in [9.17, 15) is 5.11 Å². The number of hydrogen-bond acceptors (Lipinski definition) is 3. The molecule has 2 rings (SSSR count). The average Bonchev–Trinajstić information content (AvgIpc) is 2.56. The topological polar surface area (TPSA) is 38.7 Å². The summed E-state index contributed by atoms with van der Waals surface area (Å²) in [5.74, 6) is 0.789. The van der Waals surface area contributed by atoms with Crippen LogP contribution in [0.15, 0.2) is 12.1 Å². The highest BCUT2D eigenvalue weighted by molar-refractivity contribution is 6.33. The Morgan fingerprint density at radius 3 is 3.14 bits per heavy atom. The van der Waals surface area contributed by atoms with E-state index in [1.807, 2.05) is 6.92 Å². The summed E-state index contributed by atoms with van der Waals surface area (Å²) in [6.45, 7) is 2.51. The van der Waals surface area contributed by atoms with Crippen molar-refractivity contribution in [2.45, 2.75) is 19.6 Å². The van der Waals surface area contributed by atoms with Crippen molar-refractivity contribution in [2.75, 3.05) is 6.61 Å². The normalized spacial score (nSPS) is 19.1. The van der Waals surface area contributed by atoms with Gasteiger partial charge in [-0.1, -0.05) is 11.6 Å². The molecule has 1 unspecified atom stereocenters. The van der Waals surface area contributed by atoms with Gasteiger partial charge in [-0.2, -0.15) is 0 Å². The van der Waals surface area contributed by atoms with Gasteiger partial charge in [0, 0.05) is 18.6 Å². The quantitative estimate of drug-likeness (QED) is 0.822. The molecule has 1 N–H and O–H groups in total. The van der Waals surface area contributed by atoms with Crippen LogP contribution in [0.2, 0.25) is 5.02 Å². The fourth-order valence-corrected chi connectivity index (χ4v) is 1.75. The third-order valence-electron chi connectivity index (χ3n) is 2.16. The van der Waals surface area contributed by atoms with Crippen molar-refractivity contribution in [1.29, 1.82) is 0 Å². The van der Waals surface area contributed by atoms with Crippen molar-refractivity contribution in [2.24, 2.45) is 0 Å². The number of benzene rings is 1. The summed E-state index contributed by atoms with van der Waals surface area (Å²) in [7, 11) is 0. The second kappa shape index (κ2) is 3.67. The molecule has 1 heterocycles. The molecule has 3 nitrogen and oxygen atoms in total. The Labute approximate surface area is 87.2 Å². The molecule has 1 aromatic rings. The summed E-state index contributed by atoms with van der Waals surface area (Å²) >= 11 is 5.92. The van der Waals surface area contributed by atoms with Gasteiger partial charge in [0.15, 0.2) is 0 Å². The standard InChI is InChI=1S/C10H11ClO3/c1-2-13-9-5-6-8(14-9)4-3-7(12)10(6)11/h3-4,9,12H,2,5H2,1H3. The molecule has 0 fully saturated rings. The molecule has 1 aromatic carbocycles. The van der Waals surface area contributed by atoms with Gasteiger partial charge in [0.25, 0.3) is 0 Å². The molecule has 1 atom stereocenters. The molecular weight excluding hydrogens is 204 g/mol. The zero-order chi connectivity index (χ0) is 10.1. The van der Waals surface area contributed by atoms with Gasteiger partial charge < -0.3 is 14.6 Å². The fraction of sp³-hybridized carbons (Fsp3) is 0.400. The molecule has 0 bridgehead atoms. The van der Waals surface area contributed by atoms with Crippen LogP contribution in [0, 0.1) is 0 Å². The fourth-order valence-electron chi connectivity index (χ4n) is 1.52. The number of fused-ring (bicyclic) bond motifs is 1. The van der Waals surface area contributed by atoms with Crippen molar-refractivity contribution in [3.63, 3.8) is 0 Å². The van der Waals surface area contributed by atoms with Gasteiger partial charge in [0.1, 0.15) is 11.5 Å². The Kier molecular flexibility index (Phi) is 2.52. The first-order valence-electron chi connectivity index (χ1n) is 4.51. The number of halogens is 1. The molecule has 0 aliphatic carbocycles. The molecule has 0 radical (unpaired) electrons. The van der Waals surface area contributed by atoms with Crippen LogP contribution in [0.4, 0.5) is 0 Å². The van der Waals surface area contributed by atoms with Crippen LogP contribution in [0.3, 0.4) is 0 Å². The molecule has 4 heteroatoms. The number of ether oxygens (including phenoxy) is 2. The summed E-state index contributed by atoms with van der Waals surface area (Å²) < 4.78 is 10.8. The van der Waals surface area contributed by atoms with E-state index in [2.05, 4.69) is 0 Å². The number of phenolic OH excluding ortho intramolecular Hbond substituents is 1. The van der Waals surface area contributed by atoms with Gasteiger partial charge in [0.05, 0.1) is 5.02 Å². The summed E-state index contributed by atoms with van der Waals surface area (Å²) in [6, 6.07) is 3.23. The van der Waals surface area contributed by atoms with Crippen molar-refractivity contribution < 1.29 is 14.6 Å². The number of aromatic hydroxyl groups is 1. The molecule has 1 aliphatic heterocycles. The lowest BCUT2D eigenvalue weighted by Gasteiger charge is -2.08. The maximum absolute atomic E-state index is 9.37. The molecular formula is C10H11ClO3. The summed E-state index contributed by atoms with van der Waals surface area (Å²) in [5, 5.41) is 9.74. The summed E-state index contributed by atoms with van der Waals surface area (Å²) in [4.78, 5) is 0. The highest BCUT2D eigenvalue weighted by Gasteiger charge is 2.26. The lowest BCUT2D eigenvalue weighted by atomic mass is 10.1. The van der Waals surface area contributed by atoms with E-state index in [1.165, 1.54) is 6.07 Å². The largest absolute Gasteiger partial charge is 0.506 e. The highest BCUT2D eigenvalue weighted by atomic mass is 35.5. The Bertz CT molecular complexity index is 351. The first-order valence-corrected chi connectivity index (χ1v) is 4.88. The molecule has 76 valence electrons. The molecule has 0 aromatic heterocycles. The molecule has 0 saturated carbocycles. The highest BCUT2D eigenvalue weighted by Crippen LogP contribution is 2.39. The van der Waals surface area contributed by atoms with E-state index in [-0.39, 0.29) is 12.0 Å². The predicted octanol–water partition coefficient (Wildman–Crippen LogP) is 2.34. The van der Waals surface area contributed by atoms with E-state index >= 15 is 0 Å². The van der Waals surface area contributed by atoms with Crippen molar-refractivity contribution >= 4 is 11.6 Å². The zero-order valence-corrected chi connectivity index (χ0v) is 8.54.